The Labute approximate surface area is 143 Å². The third-order valence-electron chi connectivity index (χ3n) is 4.44. The van der Waals surface area contributed by atoms with Gasteiger partial charge in [-0.3, -0.25) is 9.59 Å². The number of halogens is 2. The van der Waals surface area contributed by atoms with Crippen molar-refractivity contribution in [3.63, 3.8) is 0 Å². The number of aryl methyl sites for hydroxylation is 1. The highest BCUT2D eigenvalue weighted by Crippen LogP contribution is 2.30. The molecule has 0 saturated heterocycles. The highest BCUT2D eigenvalue weighted by molar-refractivity contribution is 5.95. The normalized spacial score (nSPS) is 16.6. The van der Waals surface area contributed by atoms with Crippen LogP contribution < -0.4 is 4.90 Å². The summed E-state index contributed by atoms with van der Waals surface area (Å²) in [5, 5.41) is 9.20. The van der Waals surface area contributed by atoms with Gasteiger partial charge in [0.2, 0.25) is 0 Å². The van der Waals surface area contributed by atoms with Gasteiger partial charge in [0.15, 0.2) is 17.4 Å². The quantitative estimate of drug-likeness (QED) is 0.905. The van der Waals surface area contributed by atoms with Gasteiger partial charge in [-0.25, -0.2) is 8.78 Å². The highest BCUT2D eigenvalue weighted by atomic mass is 19.2. The maximum Gasteiger partial charge on any atom is 0.323 e. The lowest BCUT2D eigenvalue weighted by atomic mass is 9.90. The van der Waals surface area contributed by atoms with Crippen LogP contribution in [0, 0.1) is 11.6 Å². The molecule has 0 radical (unpaired) electrons. The number of anilines is 1. The number of carbonyl (C=O) groups excluding carboxylic acids is 1. The molecule has 4 nitrogen and oxygen atoms in total. The molecule has 25 heavy (non-hydrogen) atoms. The van der Waals surface area contributed by atoms with Crippen molar-refractivity contribution in [2.45, 2.75) is 25.3 Å². The number of nitrogens with zero attached hydrogens (tertiary/aromatic N) is 1. The highest BCUT2D eigenvalue weighted by Gasteiger charge is 2.33. The van der Waals surface area contributed by atoms with E-state index in [1.165, 1.54) is 12.1 Å². The lowest BCUT2D eigenvalue weighted by Gasteiger charge is -2.37. The van der Waals surface area contributed by atoms with Gasteiger partial charge >= 0.3 is 5.97 Å². The molecule has 1 atom stereocenters. The van der Waals surface area contributed by atoms with Crippen molar-refractivity contribution in [1.29, 1.82) is 0 Å². The first-order chi connectivity index (χ1) is 12.0. The van der Waals surface area contributed by atoms with E-state index in [9.17, 15) is 23.5 Å². The van der Waals surface area contributed by atoms with Crippen molar-refractivity contribution in [3.05, 3.63) is 65.2 Å². The fourth-order valence-corrected chi connectivity index (χ4v) is 3.28. The van der Waals surface area contributed by atoms with E-state index in [0.29, 0.717) is 5.69 Å². The van der Waals surface area contributed by atoms with E-state index < -0.39 is 23.6 Å². The van der Waals surface area contributed by atoms with Crippen molar-refractivity contribution in [2.24, 2.45) is 0 Å². The summed E-state index contributed by atoms with van der Waals surface area (Å²) in [6.45, 7) is -0.320. The predicted octanol–water partition coefficient (Wildman–Crippen LogP) is 2.98. The van der Waals surface area contributed by atoms with E-state index in [4.69, 9.17) is 0 Å². The van der Waals surface area contributed by atoms with Crippen LogP contribution in [0.15, 0.2) is 42.5 Å². The number of fused-ring (bicyclic) bond motifs is 1. The summed E-state index contributed by atoms with van der Waals surface area (Å²) < 4.78 is 27.2. The third-order valence-corrected chi connectivity index (χ3v) is 4.44. The van der Waals surface area contributed by atoms with Gasteiger partial charge in [-0.15, -0.1) is 0 Å². The molecule has 0 saturated carbocycles. The SMILES string of the molecule is O=C(O)CN1c2ccccc2CC(=O)C1CCc1cccc(F)c1F. The summed E-state index contributed by atoms with van der Waals surface area (Å²) >= 11 is 0. The van der Waals surface area contributed by atoms with E-state index in [2.05, 4.69) is 0 Å². The lowest BCUT2D eigenvalue weighted by Crippen LogP contribution is -2.48. The van der Waals surface area contributed by atoms with E-state index >= 15 is 0 Å². The first-order valence-corrected chi connectivity index (χ1v) is 7.99. The largest absolute Gasteiger partial charge is 0.480 e. The molecule has 0 bridgehead atoms. The number of ketones is 1. The molecule has 0 amide bonds. The summed E-state index contributed by atoms with van der Waals surface area (Å²) in [4.78, 5) is 25.3. The smallest absolute Gasteiger partial charge is 0.323 e. The molecule has 0 fully saturated rings. The molecule has 0 aromatic heterocycles. The maximum absolute atomic E-state index is 13.8. The number of carboxylic acids is 1. The van der Waals surface area contributed by atoms with Crippen LogP contribution in [-0.4, -0.2) is 29.4 Å². The lowest BCUT2D eigenvalue weighted by molar-refractivity contribution is -0.135. The zero-order valence-corrected chi connectivity index (χ0v) is 13.4. The van der Waals surface area contributed by atoms with Crippen molar-refractivity contribution in [1.82, 2.24) is 0 Å². The van der Waals surface area contributed by atoms with Crippen LogP contribution in [-0.2, 0) is 22.4 Å². The molecule has 2 aromatic carbocycles. The van der Waals surface area contributed by atoms with Crippen molar-refractivity contribution < 1.29 is 23.5 Å². The fraction of sp³-hybridized carbons (Fsp3) is 0.263. The molecule has 6 heteroatoms. The molecule has 0 aliphatic carbocycles. The zero-order valence-electron chi connectivity index (χ0n) is 13.4. The van der Waals surface area contributed by atoms with E-state index in [1.54, 1.807) is 29.2 Å². The van der Waals surface area contributed by atoms with Gasteiger partial charge in [-0.2, -0.15) is 0 Å². The van der Waals surface area contributed by atoms with Gasteiger partial charge in [-0.05, 0) is 36.1 Å². The van der Waals surface area contributed by atoms with Crippen molar-refractivity contribution in [2.75, 3.05) is 11.4 Å². The fourth-order valence-electron chi connectivity index (χ4n) is 3.28. The maximum atomic E-state index is 13.8. The number of carboxylic acid groups (broad SMARTS) is 1. The molecule has 3 rings (SSSR count). The van der Waals surface area contributed by atoms with Crippen LogP contribution in [0.3, 0.4) is 0 Å². The van der Waals surface area contributed by atoms with Crippen LogP contribution in [0.4, 0.5) is 14.5 Å². The summed E-state index contributed by atoms with van der Waals surface area (Å²) in [5.74, 6) is -3.01. The zero-order chi connectivity index (χ0) is 18.0. The summed E-state index contributed by atoms with van der Waals surface area (Å²) in [6.07, 6.45) is 0.585. The molecule has 1 aliphatic heterocycles. The number of aliphatic carboxylic acids is 1. The minimum atomic E-state index is -1.05. The summed E-state index contributed by atoms with van der Waals surface area (Å²) in [6, 6.07) is 10.4. The molecule has 130 valence electrons. The number of Topliss-reactive ketones (excluding diaryl/α,β-unsaturated/α-hetero) is 1. The number of carbonyl (C=O) groups is 2. The average Bonchev–Trinajstić information content (AvgIpc) is 2.57. The Kier molecular flexibility index (Phi) is 4.79. The van der Waals surface area contributed by atoms with Crippen molar-refractivity contribution in [3.8, 4) is 0 Å². The van der Waals surface area contributed by atoms with Crippen LogP contribution in [0.2, 0.25) is 0 Å². The van der Waals surface area contributed by atoms with Gasteiger partial charge < -0.3 is 10.0 Å². The predicted molar refractivity (Wildman–Crippen MR) is 88.6 cm³/mol. The Bertz CT molecular complexity index is 822. The van der Waals surface area contributed by atoms with Crippen LogP contribution in [0.25, 0.3) is 0 Å². The first-order valence-electron chi connectivity index (χ1n) is 7.99. The Morgan fingerprint density at radius 1 is 1.16 bits per heavy atom. The Hall–Kier alpha value is -2.76. The Morgan fingerprint density at radius 2 is 1.92 bits per heavy atom. The van der Waals surface area contributed by atoms with Gasteiger partial charge in [0.25, 0.3) is 0 Å². The third kappa shape index (κ3) is 3.52. The molecule has 1 aliphatic rings. The number of hydrogen-bond acceptors (Lipinski definition) is 3. The number of para-hydroxylation sites is 1. The minimum absolute atomic E-state index is 0.114. The summed E-state index contributed by atoms with van der Waals surface area (Å²) in [5.41, 5.74) is 1.66. The number of hydrogen-bond donors (Lipinski definition) is 1. The molecule has 0 spiro atoms. The molecule has 1 heterocycles. The van der Waals surface area contributed by atoms with Gasteiger partial charge in [0.1, 0.15) is 6.54 Å². The number of benzene rings is 2. The molecular formula is C19H17F2NO3. The Balaban J connectivity index is 1.86. The van der Waals surface area contributed by atoms with Crippen LogP contribution in [0.1, 0.15) is 17.5 Å². The molecule has 2 aromatic rings. The Morgan fingerprint density at radius 3 is 2.68 bits per heavy atom. The van der Waals surface area contributed by atoms with E-state index in [-0.39, 0.29) is 37.2 Å². The number of rotatable bonds is 5. The summed E-state index contributed by atoms with van der Waals surface area (Å²) in [7, 11) is 0. The minimum Gasteiger partial charge on any atom is -0.480 e. The first kappa shape index (κ1) is 17.1. The van der Waals surface area contributed by atoms with E-state index in [1.807, 2.05) is 0 Å². The monoisotopic (exact) mass is 345 g/mol. The van der Waals surface area contributed by atoms with Gasteiger partial charge in [0, 0.05) is 12.1 Å². The van der Waals surface area contributed by atoms with Crippen molar-refractivity contribution >= 4 is 17.4 Å². The second-order valence-electron chi connectivity index (χ2n) is 6.06. The average molecular weight is 345 g/mol. The van der Waals surface area contributed by atoms with Gasteiger partial charge in [0.05, 0.1) is 6.04 Å². The molecule has 1 unspecified atom stereocenters. The molecular weight excluding hydrogens is 328 g/mol. The molecule has 1 N–H and O–H groups in total. The van der Waals surface area contributed by atoms with Crippen LogP contribution >= 0.6 is 0 Å². The van der Waals surface area contributed by atoms with Crippen LogP contribution in [0.5, 0.6) is 0 Å². The van der Waals surface area contributed by atoms with E-state index in [0.717, 1.165) is 11.6 Å². The topological polar surface area (TPSA) is 57.6 Å². The van der Waals surface area contributed by atoms with Gasteiger partial charge in [-0.1, -0.05) is 30.3 Å². The standard InChI is InChI=1S/C19H17F2NO3/c20-14-6-3-5-12(19(14)21)8-9-16-17(23)10-13-4-1-2-7-15(13)22(16)11-18(24)25/h1-7,16H,8-11H2,(H,24,25). The second-order valence-corrected chi connectivity index (χ2v) is 6.06. The second kappa shape index (κ2) is 7.01.